The minimum Gasteiger partial charge on any atom is -0.495 e. The average Bonchev–Trinajstić information content (AvgIpc) is 2.61. The van der Waals surface area contributed by atoms with Crippen LogP contribution in [0.5, 0.6) is 5.75 Å². The van der Waals surface area contributed by atoms with Crippen LogP contribution in [0.15, 0.2) is 12.1 Å². The zero-order valence-corrected chi connectivity index (χ0v) is 11.4. The summed E-state index contributed by atoms with van der Waals surface area (Å²) >= 11 is 6.20. The normalized spacial score (nSPS) is 19.0. The zero-order chi connectivity index (χ0) is 12.9. The van der Waals surface area contributed by atoms with Crippen molar-refractivity contribution in [3.8, 4) is 5.75 Å². The Balaban J connectivity index is 2.31. The summed E-state index contributed by atoms with van der Waals surface area (Å²) in [5.41, 5.74) is 10.00. The van der Waals surface area contributed by atoms with Gasteiger partial charge in [0, 0.05) is 24.2 Å². The fourth-order valence-electron chi connectivity index (χ4n) is 2.95. The van der Waals surface area contributed by atoms with Crippen LogP contribution in [0.1, 0.15) is 17.7 Å². The number of aromatic nitrogens is 1. The number of fused-ring (bicyclic) bond motifs is 3. The van der Waals surface area contributed by atoms with E-state index in [2.05, 4.69) is 11.6 Å². The molecule has 1 atom stereocenters. The van der Waals surface area contributed by atoms with Gasteiger partial charge in [0.1, 0.15) is 5.75 Å². The van der Waals surface area contributed by atoms with Gasteiger partial charge in [-0.15, -0.1) is 0 Å². The van der Waals surface area contributed by atoms with E-state index in [4.69, 9.17) is 22.1 Å². The molecule has 96 valence electrons. The number of methoxy groups -OCH3 is 1. The van der Waals surface area contributed by atoms with Crippen molar-refractivity contribution in [1.82, 2.24) is 4.57 Å². The Kier molecular flexibility index (Phi) is 2.76. The molecule has 3 nitrogen and oxygen atoms in total. The molecule has 0 bridgehead atoms. The second-order valence-corrected chi connectivity index (χ2v) is 5.40. The molecular weight excluding hydrogens is 248 g/mol. The molecule has 0 radical (unpaired) electrons. The second-order valence-electron chi connectivity index (χ2n) is 4.99. The molecule has 0 amide bonds. The summed E-state index contributed by atoms with van der Waals surface area (Å²) in [7, 11) is 3.75. The number of hydrogen-bond acceptors (Lipinski definition) is 2. The van der Waals surface area contributed by atoms with Crippen LogP contribution in [0.2, 0.25) is 5.02 Å². The smallest absolute Gasteiger partial charge is 0.138 e. The van der Waals surface area contributed by atoms with Gasteiger partial charge in [0.25, 0.3) is 0 Å². The molecule has 2 aromatic rings. The first-order valence-corrected chi connectivity index (χ1v) is 6.59. The van der Waals surface area contributed by atoms with Gasteiger partial charge in [-0.05, 0) is 37.0 Å². The number of benzene rings is 1. The van der Waals surface area contributed by atoms with Crippen molar-refractivity contribution in [3.05, 3.63) is 28.4 Å². The number of nitrogens with zero attached hydrogens (tertiary/aromatic N) is 1. The molecule has 0 spiro atoms. The van der Waals surface area contributed by atoms with Crippen molar-refractivity contribution in [1.29, 1.82) is 0 Å². The number of hydrogen-bond donors (Lipinski definition) is 1. The first-order chi connectivity index (χ1) is 8.61. The molecule has 1 aliphatic rings. The lowest BCUT2D eigenvalue weighted by molar-refractivity contribution is 0.415. The van der Waals surface area contributed by atoms with E-state index in [0.29, 0.717) is 5.02 Å². The van der Waals surface area contributed by atoms with Gasteiger partial charge in [0.2, 0.25) is 0 Å². The van der Waals surface area contributed by atoms with Crippen LogP contribution in [-0.4, -0.2) is 17.7 Å². The lowest BCUT2D eigenvalue weighted by atomic mass is 9.92. The third-order valence-corrected chi connectivity index (χ3v) is 4.22. The molecule has 0 fully saturated rings. The van der Waals surface area contributed by atoms with Crippen molar-refractivity contribution in [2.24, 2.45) is 12.8 Å². The molecule has 2 N–H and O–H groups in total. The van der Waals surface area contributed by atoms with Crippen molar-refractivity contribution in [3.63, 3.8) is 0 Å². The highest BCUT2D eigenvalue weighted by Crippen LogP contribution is 2.36. The van der Waals surface area contributed by atoms with Crippen LogP contribution >= 0.6 is 11.6 Å². The number of nitrogens with two attached hydrogens (primary N) is 1. The Hall–Kier alpha value is -1.19. The highest BCUT2D eigenvalue weighted by molar-refractivity contribution is 6.32. The summed E-state index contributed by atoms with van der Waals surface area (Å²) in [5.74, 6) is 0.733. The predicted octanol–water partition coefficient (Wildman–Crippen LogP) is 2.66. The minimum atomic E-state index is 0.268. The van der Waals surface area contributed by atoms with Crippen molar-refractivity contribution < 1.29 is 4.74 Å². The lowest BCUT2D eigenvalue weighted by Crippen LogP contribution is -2.28. The first-order valence-electron chi connectivity index (χ1n) is 6.21. The Morgan fingerprint density at radius 2 is 2.22 bits per heavy atom. The molecule has 1 aromatic carbocycles. The van der Waals surface area contributed by atoms with Crippen LogP contribution in [0.25, 0.3) is 10.9 Å². The van der Waals surface area contributed by atoms with E-state index in [-0.39, 0.29) is 6.04 Å². The maximum atomic E-state index is 6.20. The monoisotopic (exact) mass is 264 g/mol. The van der Waals surface area contributed by atoms with E-state index in [1.807, 2.05) is 12.1 Å². The van der Waals surface area contributed by atoms with Crippen LogP contribution in [0.4, 0.5) is 0 Å². The molecule has 4 heteroatoms. The molecule has 1 aliphatic carbocycles. The maximum absolute atomic E-state index is 6.20. The predicted molar refractivity (Wildman–Crippen MR) is 74.5 cm³/mol. The Bertz CT molecular complexity index is 618. The highest BCUT2D eigenvalue weighted by atomic mass is 35.5. The van der Waals surface area contributed by atoms with E-state index >= 15 is 0 Å². The number of rotatable bonds is 1. The molecule has 3 rings (SSSR count). The minimum absolute atomic E-state index is 0.268. The largest absolute Gasteiger partial charge is 0.495 e. The first kappa shape index (κ1) is 11.9. The molecule has 1 unspecified atom stereocenters. The van der Waals surface area contributed by atoms with Crippen molar-refractivity contribution >= 4 is 22.5 Å². The fourth-order valence-corrected chi connectivity index (χ4v) is 3.19. The lowest BCUT2D eigenvalue weighted by Gasteiger charge is -2.19. The fraction of sp³-hybridized carbons (Fsp3) is 0.429. The zero-order valence-electron chi connectivity index (χ0n) is 10.7. The van der Waals surface area contributed by atoms with Gasteiger partial charge < -0.3 is 15.0 Å². The van der Waals surface area contributed by atoms with Gasteiger partial charge >= 0.3 is 0 Å². The van der Waals surface area contributed by atoms with Gasteiger partial charge in [-0.2, -0.15) is 0 Å². The van der Waals surface area contributed by atoms with Gasteiger partial charge in [0.05, 0.1) is 17.6 Å². The van der Waals surface area contributed by atoms with Gasteiger partial charge in [-0.3, -0.25) is 0 Å². The van der Waals surface area contributed by atoms with Crippen LogP contribution < -0.4 is 10.5 Å². The van der Waals surface area contributed by atoms with E-state index in [0.717, 1.165) is 25.0 Å². The summed E-state index contributed by atoms with van der Waals surface area (Å²) in [5, 5.41) is 1.89. The van der Waals surface area contributed by atoms with Gasteiger partial charge in [-0.25, -0.2) is 0 Å². The molecular formula is C14H17ClN2O. The Morgan fingerprint density at radius 3 is 2.94 bits per heavy atom. The number of ether oxygens (including phenoxy) is 1. The van der Waals surface area contributed by atoms with E-state index < -0.39 is 0 Å². The molecule has 0 saturated carbocycles. The van der Waals surface area contributed by atoms with E-state index in [1.165, 1.54) is 22.2 Å². The molecule has 18 heavy (non-hydrogen) atoms. The summed E-state index contributed by atoms with van der Waals surface area (Å²) in [6.45, 7) is 0. The van der Waals surface area contributed by atoms with Crippen molar-refractivity contribution in [2.75, 3.05) is 7.11 Å². The van der Waals surface area contributed by atoms with Crippen LogP contribution in [-0.2, 0) is 19.9 Å². The molecule has 1 aromatic heterocycles. The topological polar surface area (TPSA) is 40.2 Å². The van der Waals surface area contributed by atoms with Gasteiger partial charge in [0.15, 0.2) is 0 Å². The molecule has 1 heterocycles. The average molecular weight is 265 g/mol. The van der Waals surface area contributed by atoms with E-state index in [1.54, 1.807) is 7.11 Å². The third kappa shape index (κ3) is 1.62. The summed E-state index contributed by atoms with van der Waals surface area (Å²) in [6.07, 6.45) is 3.04. The SMILES string of the molecule is COc1cc2c3c(n(C)c2cc1Cl)CCC(N)C3. The maximum Gasteiger partial charge on any atom is 0.138 e. The number of halogens is 1. The van der Waals surface area contributed by atoms with Crippen LogP contribution in [0.3, 0.4) is 0 Å². The third-order valence-electron chi connectivity index (χ3n) is 3.93. The van der Waals surface area contributed by atoms with E-state index in [9.17, 15) is 0 Å². The summed E-state index contributed by atoms with van der Waals surface area (Å²) in [6, 6.07) is 4.29. The summed E-state index contributed by atoms with van der Waals surface area (Å²) < 4.78 is 7.55. The molecule has 0 aliphatic heterocycles. The Labute approximate surface area is 111 Å². The highest BCUT2D eigenvalue weighted by Gasteiger charge is 2.23. The standard InChI is InChI=1S/C14H17ClN2O/c1-17-12-4-3-8(16)5-9(12)10-6-14(18-2)11(15)7-13(10)17/h6-8H,3-5,16H2,1-2H3. The van der Waals surface area contributed by atoms with Crippen molar-refractivity contribution in [2.45, 2.75) is 25.3 Å². The quantitative estimate of drug-likeness (QED) is 0.860. The van der Waals surface area contributed by atoms with Crippen LogP contribution in [0, 0.1) is 0 Å². The van der Waals surface area contributed by atoms with Gasteiger partial charge in [-0.1, -0.05) is 11.6 Å². The second kappa shape index (κ2) is 4.18. The number of aryl methyl sites for hydroxylation is 1. The summed E-state index contributed by atoms with van der Waals surface area (Å²) in [4.78, 5) is 0. The molecule has 0 saturated heterocycles. The Morgan fingerprint density at radius 1 is 1.44 bits per heavy atom.